The number of hydrogen-bond donors (Lipinski definition) is 1. The number of sulfonamides is 1. The van der Waals surface area contributed by atoms with Crippen LogP contribution in [0.5, 0.6) is 0 Å². The summed E-state index contributed by atoms with van der Waals surface area (Å²) in [5, 5.41) is 2.51. The number of imide groups is 1. The van der Waals surface area contributed by atoms with Crippen LogP contribution in [0.2, 0.25) is 0 Å². The number of carbonyl (C=O) groups excluding carboxylic acids is 3. The van der Waals surface area contributed by atoms with Crippen molar-refractivity contribution in [3.05, 3.63) is 29.3 Å². The molecule has 1 aromatic carbocycles. The normalized spacial score (nSPS) is 20.3. The summed E-state index contributed by atoms with van der Waals surface area (Å²) in [5.74, 6) is -1.29. The average Bonchev–Trinajstić information content (AvgIpc) is 3.14. The van der Waals surface area contributed by atoms with Gasteiger partial charge in [0.05, 0.1) is 17.5 Å². The van der Waals surface area contributed by atoms with Crippen LogP contribution in [0.25, 0.3) is 0 Å². The lowest BCUT2D eigenvalue weighted by Gasteiger charge is -2.22. The number of urea groups is 1. The largest absolute Gasteiger partial charge is 0.449 e. The zero-order valence-corrected chi connectivity index (χ0v) is 16.1. The van der Waals surface area contributed by atoms with Gasteiger partial charge in [-0.2, -0.15) is 0 Å². The van der Waals surface area contributed by atoms with Gasteiger partial charge in [-0.1, -0.05) is 0 Å². The molecule has 2 aliphatic rings. The van der Waals surface area contributed by atoms with Crippen molar-refractivity contribution >= 4 is 33.6 Å². The number of nitrogens with one attached hydrogen (secondary N) is 1. The highest BCUT2D eigenvalue weighted by Gasteiger charge is 2.34. The van der Waals surface area contributed by atoms with Crippen LogP contribution in [-0.4, -0.2) is 62.7 Å². The fourth-order valence-electron chi connectivity index (χ4n) is 3.42. The third-order valence-corrected chi connectivity index (χ3v) is 5.85. The lowest BCUT2D eigenvalue weighted by atomic mass is 10.1. The van der Waals surface area contributed by atoms with E-state index in [1.165, 1.54) is 17.3 Å². The van der Waals surface area contributed by atoms with Crippen LogP contribution in [-0.2, 0) is 26.0 Å². The number of nitrogens with zero attached hydrogens (tertiary/aromatic N) is 2. The van der Waals surface area contributed by atoms with Crippen molar-refractivity contribution < 1.29 is 27.5 Å². The highest BCUT2D eigenvalue weighted by atomic mass is 32.2. The SMILES string of the molecule is C[C@H](OC(=O)c1ccc2c(c1)C[C@H](C)N2S(C)(=O)=O)C(=O)N1CCNC1=O. The van der Waals surface area contributed by atoms with Crippen LogP contribution in [0.3, 0.4) is 0 Å². The monoisotopic (exact) mass is 395 g/mol. The number of anilines is 1. The number of carbonyl (C=O) groups is 3. The van der Waals surface area contributed by atoms with Gasteiger partial charge < -0.3 is 10.1 Å². The van der Waals surface area contributed by atoms with Gasteiger partial charge in [-0.05, 0) is 44.0 Å². The van der Waals surface area contributed by atoms with E-state index in [0.717, 1.165) is 16.7 Å². The number of amides is 3. The smallest absolute Gasteiger partial charge is 0.338 e. The van der Waals surface area contributed by atoms with E-state index in [0.29, 0.717) is 18.7 Å². The highest BCUT2D eigenvalue weighted by Crippen LogP contribution is 2.34. The predicted molar refractivity (Wildman–Crippen MR) is 96.9 cm³/mol. The van der Waals surface area contributed by atoms with Crippen LogP contribution < -0.4 is 9.62 Å². The summed E-state index contributed by atoms with van der Waals surface area (Å²) in [7, 11) is -3.41. The second kappa shape index (κ2) is 6.84. The van der Waals surface area contributed by atoms with Crippen LogP contribution >= 0.6 is 0 Å². The Morgan fingerprint density at radius 2 is 2.04 bits per heavy atom. The van der Waals surface area contributed by atoms with E-state index in [1.807, 2.05) is 0 Å². The molecule has 3 rings (SSSR count). The summed E-state index contributed by atoms with van der Waals surface area (Å²) < 4.78 is 30.4. The standard InChI is InChI=1S/C17H21N3O6S/c1-10-8-13-9-12(4-5-14(13)20(10)27(3,24)25)16(22)26-11(2)15(21)19-7-6-18-17(19)23/h4-5,9-11H,6-8H2,1-3H3,(H,18,23)/t10-,11-/m0/s1. The molecule has 0 spiro atoms. The van der Waals surface area contributed by atoms with E-state index in [-0.39, 0.29) is 18.2 Å². The van der Waals surface area contributed by atoms with E-state index in [2.05, 4.69) is 5.32 Å². The van der Waals surface area contributed by atoms with Gasteiger partial charge in [-0.3, -0.25) is 14.0 Å². The molecule has 1 aromatic rings. The van der Waals surface area contributed by atoms with Crippen molar-refractivity contribution in [1.29, 1.82) is 0 Å². The Hall–Kier alpha value is -2.62. The van der Waals surface area contributed by atoms with Gasteiger partial charge in [0.2, 0.25) is 10.0 Å². The number of hydrogen-bond acceptors (Lipinski definition) is 6. The average molecular weight is 395 g/mol. The molecule has 1 N–H and O–H groups in total. The van der Waals surface area contributed by atoms with E-state index < -0.39 is 34.0 Å². The molecule has 3 amide bonds. The van der Waals surface area contributed by atoms with Crippen LogP contribution in [0.1, 0.15) is 29.8 Å². The first-order valence-corrected chi connectivity index (χ1v) is 10.4. The molecule has 1 saturated heterocycles. The quantitative estimate of drug-likeness (QED) is 0.743. The summed E-state index contributed by atoms with van der Waals surface area (Å²) in [6.07, 6.45) is 0.509. The minimum atomic E-state index is -3.41. The van der Waals surface area contributed by atoms with E-state index >= 15 is 0 Å². The van der Waals surface area contributed by atoms with Gasteiger partial charge in [0.25, 0.3) is 5.91 Å². The van der Waals surface area contributed by atoms with Gasteiger partial charge in [0, 0.05) is 19.1 Å². The van der Waals surface area contributed by atoms with Crippen LogP contribution in [0, 0.1) is 0 Å². The third-order valence-electron chi connectivity index (χ3n) is 4.58. The summed E-state index contributed by atoms with van der Waals surface area (Å²) in [4.78, 5) is 37.2. The maximum absolute atomic E-state index is 12.4. The summed E-state index contributed by atoms with van der Waals surface area (Å²) in [5.41, 5.74) is 1.49. The number of fused-ring (bicyclic) bond motifs is 1. The molecular weight excluding hydrogens is 374 g/mol. The second-order valence-electron chi connectivity index (χ2n) is 6.72. The van der Waals surface area contributed by atoms with Crippen molar-refractivity contribution in [3.63, 3.8) is 0 Å². The molecule has 2 atom stereocenters. The van der Waals surface area contributed by atoms with Gasteiger partial charge in [0.1, 0.15) is 0 Å². The Balaban J connectivity index is 1.74. The van der Waals surface area contributed by atoms with Crippen molar-refractivity contribution in [2.75, 3.05) is 23.7 Å². The molecule has 0 bridgehead atoms. The fraction of sp³-hybridized carbons (Fsp3) is 0.471. The maximum Gasteiger partial charge on any atom is 0.338 e. The van der Waals surface area contributed by atoms with Crippen molar-refractivity contribution in [2.24, 2.45) is 0 Å². The first-order valence-electron chi connectivity index (χ1n) is 8.52. The topological polar surface area (TPSA) is 113 Å². The molecular formula is C17H21N3O6S. The first kappa shape index (κ1) is 19.2. The van der Waals surface area contributed by atoms with Gasteiger partial charge in [-0.25, -0.2) is 18.0 Å². The zero-order chi connectivity index (χ0) is 19.9. The maximum atomic E-state index is 12.4. The minimum Gasteiger partial charge on any atom is -0.449 e. The Morgan fingerprint density at radius 1 is 1.33 bits per heavy atom. The highest BCUT2D eigenvalue weighted by molar-refractivity contribution is 7.92. The zero-order valence-electron chi connectivity index (χ0n) is 15.3. The third kappa shape index (κ3) is 3.61. The Morgan fingerprint density at radius 3 is 2.63 bits per heavy atom. The Kier molecular flexibility index (Phi) is 4.85. The lowest BCUT2D eigenvalue weighted by Crippen LogP contribution is -2.41. The molecule has 27 heavy (non-hydrogen) atoms. The van der Waals surface area contributed by atoms with Crippen LogP contribution in [0.15, 0.2) is 18.2 Å². The summed E-state index contributed by atoms with van der Waals surface area (Å²) >= 11 is 0. The molecule has 2 aliphatic heterocycles. The van der Waals surface area contributed by atoms with Gasteiger partial charge in [-0.15, -0.1) is 0 Å². The number of esters is 1. The lowest BCUT2D eigenvalue weighted by molar-refractivity contribution is -0.136. The second-order valence-corrected chi connectivity index (χ2v) is 8.58. The Bertz CT molecular complexity index is 913. The first-order chi connectivity index (χ1) is 12.6. The van der Waals surface area contributed by atoms with Gasteiger partial charge >= 0.3 is 12.0 Å². The fourth-order valence-corrected chi connectivity index (χ4v) is 4.68. The molecule has 0 unspecified atom stereocenters. The van der Waals surface area contributed by atoms with E-state index in [4.69, 9.17) is 4.74 Å². The minimum absolute atomic E-state index is 0.224. The van der Waals surface area contributed by atoms with Crippen molar-refractivity contribution in [3.8, 4) is 0 Å². The van der Waals surface area contributed by atoms with Crippen molar-refractivity contribution in [1.82, 2.24) is 10.2 Å². The van der Waals surface area contributed by atoms with E-state index in [1.54, 1.807) is 19.1 Å². The molecule has 10 heteroatoms. The Labute approximate surface area is 157 Å². The number of benzene rings is 1. The van der Waals surface area contributed by atoms with Crippen LogP contribution in [0.4, 0.5) is 10.5 Å². The van der Waals surface area contributed by atoms with Gasteiger partial charge in [0.15, 0.2) is 6.10 Å². The summed E-state index contributed by atoms with van der Waals surface area (Å²) in [6, 6.07) is 3.87. The molecule has 0 aliphatic carbocycles. The number of ether oxygens (including phenoxy) is 1. The van der Waals surface area contributed by atoms with Crippen molar-refractivity contribution in [2.45, 2.75) is 32.4 Å². The molecule has 0 saturated carbocycles. The number of rotatable bonds is 4. The molecule has 0 radical (unpaired) electrons. The van der Waals surface area contributed by atoms with E-state index in [9.17, 15) is 22.8 Å². The molecule has 146 valence electrons. The predicted octanol–water partition coefficient (Wildman–Crippen LogP) is 0.494. The molecule has 1 fully saturated rings. The summed E-state index contributed by atoms with van der Waals surface area (Å²) in [6.45, 7) is 3.80. The molecule has 0 aromatic heterocycles. The molecule has 9 nitrogen and oxygen atoms in total. The molecule has 2 heterocycles.